The molecule has 0 aliphatic carbocycles. The van der Waals surface area contributed by atoms with Crippen molar-refractivity contribution in [2.75, 3.05) is 0 Å². The summed E-state index contributed by atoms with van der Waals surface area (Å²) in [5, 5.41) is 2.76. The van der Waals surface area contributed by atoms with Crippen molar-refractivity contribution < 1.29 is 19.2 Å². The van der Waals surface area contributed by atoms with Crippen molar-refractivity contribution in [1.29, 1.82) is 0 Å². The van der Waals surface area contributed by atoms with Crippen molar-refractivity contribution in [3.8, 4) is 0 Å². The van der Waals surface area contributed by atoms with Gasteiger partial charge in [-0.15, -0.1) is 0 Å². The number of rotatable bonds is 4. The summed E-state index contributed by atoms with van der Waals surface area (Å²) in [4.78, 5) is 49.9. The third kappa shape index (κ3) is 3.51. The molecule has 0 saturated heterocycles. The Labute approximate surface area is 162 Å². The molecular formula is C21H21N3O4. The quantitative estimate of drug-likeness (QED) is 0.793. The minimum Gasteiger partial charge on any atom is -0.366 e. The first-order valence-corrected chi connectivity index (χ1v) is 8.79. The summed E-state index contributed by atoms with van der Waals surface area (Å²) < 4.78 is 0. The van der Waals surface area contributed by atoms with Gasteiger partial charge in [0, 0.05) is 23.2 Å². The van der Waals surface area contributed by atoms with Crippen LogP contribution in [0.3, 0.4) is 0 Å². The van der Waals surface area contributed by atoms with Crippen molar-refractivity contribution >= 4 is 23.6 Å². The fourth-order valence-corrected chi connectivity index (χ4v) is 3.06. The molecule has 1 aliphatic heterocycles. The molecular weight excluding hydrogens is 358 g/mol. The SMILES string of the molecule is CC(C)(C)N1C(=O)c2ccc(C(=O)NCc3ccc(C(N)=O)cc3)cc2C1=O. The molecule has 7 heteroatoms. The number of carbonyl (C=O) groups excluding carboxylic acids is 4. The number of hydrogen-bond donors (Lipinski definition) is 2. The predicted molar refractivity (Wildman–Crippen MR) is 103 cm³/mol. The molecule has 2 aromatic carbocycles. The number of imide groups is 1. The summed E-state index contributed by atoms with van der Waals surface area (Å²) in [6.07, 6.45) is 0. The number of carbonyl (C=O) groups is 4. The number of primary amides is 1. The van der Waals surface area contributed by atoms with Crippen LogP contribution < -0.4 is 11.1 Å². The van der Waals surface area contributed by atoms with Crippen LogP contribution >= 0.6 is 0 Å². The molecule has 0 bridgehead atoms. The minimum atomic E-state index is -0.646. The third-order valence-corrected chi connectivity index (χ3v) is 4.51. The van der Waals surface area contributed by atoms with Crippen molar-refractivity contribution in [3.63, 3.8) is 0 Å². The van der Waals surface area contributed by atoms with Crippen LogP contribution in [0, 0.1) is 0 Å². The Hall–Kier alpha value is -3.48. The fraction of sp³-hybridized carbons (Fsp3) is 0.238. The molecule has 0 aromatic heterocycles. The maximum Gasteiger partial charge on any atom is 0.262 e. The molecule has 3 rings (SSSR count). The Morgan fingerprint density at radius 3 is 2.07 bits per heavy atom. The van der Waals surface area contributed by atoms with Crippen LogP contribution in [0.1, 0.15) is 67.8 Å². The van der Waals surface area contributed by atoms with Crippen LogP contribution in [-0.4, -0.2) is 34.1 Å². The standard InChI is InChI=1S/C21H21N3O4/c1-21(2,3)24-19(27)15-9-8-14(10-16(15)20(24)28)18(26)23-11-12-4-6-13(7-5-12)17(22)25/h4-10H,11H2,1-3H3,(H2,22,25)(H,23,26). The summed E-state index contributed by atoms with van der Waals surface area (Å²) in [7, 11) is 0. The fourth-order valence-electron chi connectivity index (χ4n) is 3.06. The molecule has 3 N–H and O–H groups in total. The average molecular weight is 379 g/mol. The predicted octanol–water partition coefficient (Wildman–Crippen LogP) is 2.11. The molecule has 0 unspecified atom stereocenters. The maximum atomic E-state index is 12.6. The smallest absolute Gasteiger partial charge is 0.262 e. The van der Waals surface area contributed by atoms with Crippen LogP contribution in [0.2, 0.25) is 0 Å². The highest BCUT2D eigenvalue weighted by Gasteiger charge is 2.42. The van der Waals surface area contributed by atoms with Crippen LogP contribution in [0.25, 0.3) is 0 Å². The van der Waals surface area contributed by atoms with E-state index in [1.165, 1.54) is 23.1 Å². The molecule has 0 atom stereocenters. The van der Waals surface area contributed by atoms with Gasteiger partial charge in [-0.25, -0.2) is 0 Å². The molecule has 4 amide bonds. The minimum absolute atomic E-state index is 0.235. The van der Waals surface area contributed by atoms with Gasteiger partial charge in [0.2, 0.25) is 5.91 Å². The number of benzene rings is 2. The lowest BCUT2D eigenvalue weighted by Gasteiger charge is -2.29. The molecule has 0 radical (unpaired) electrons. The zero-order chi connectivity index (χ0) is 20.6. The first-order valence-electron chi connectivity index (χ1n) is 8.79. The second-order valence-electron chi connectivity index (χ2n) is 7.62. The maximum absolute atomic E-state index is 12.6. The second kappa shape index (κ2) is 6.92. The summed E-state index contributed by atoms with van der Waals surface area (Å²) in [5.74, 6) is -1.63. The van der Waals surface area contributed by atoms with Crippen LogP contribution in [0.4, 0.5) is 0 Å². The first-order chi connectivity index (χ1) is 13.1. The average Bonchev–Trinajstić information content (AvgIpc) is 2.90. The molecule has 2 aromatic rings. The van der Waals surface area contributed by atoms with Crippen molar-refractivity contribution in [3.05, 3.63) is 70.3 Å². The van der Waals surface area contributed by atoms with Gasteiger partial charge in [-0.1, -0.05) is 12.1 Å². The number of amides is 4. The highest BCUT2D eigenvalue weighted by molar-refractivity contribution is 6.22. The van der Waals surface area contributed by atoms with E-state index in [4.69, 9.17) is 5.73 Å². The molecule has 28 heavy (non-hydrogen) atoms. The van der Waals surface area contributed by atoms with E-state index in [1.54, 1.807) is 45.0 Å². The summed E-state index contributed by atoms with van der Waals surface area (Å²) in [5.41, 5.74) is 6.57. The highest BCUT2D eigenvalue weighted by Crippen LogP contribution is 2.29. The van der Waals surface area contributed by atoms with Gasteiger partial charge >= 0.3 is 0 Å². The van der Waals surface area contributed by atoms with E-state index < -0.39 is 17.4 Å². The van der Waals surface area contributed by atoms with Gasteiger partial charge in [0.25, 0.3) is 17.7 Å². The van der Waals surface area contributed by atoms with Crippen molar-refractivity contribution in [2.24, 2.45) is 5.73 Å². The van der Waals surface area contributed by atoms with E-state index in [-0.39, 0.29) is 23.9 Å². The number of fused-ring (bicyclic) bond motifs is 1. The van der Waals surface area contributed by atoms with E-state index in [0.717, 1.165) is 5.56 Å². The number of hydrogen-bond acceptors (Lipinski definition) is 4. The van der Waals surface area contributed by atoms with Crippen LogP contribution in [-0.2, 0) is 6.54 Å². The molecule has 144 valence electrons. The highest BCUT2D eigenvalue weighted by atomic mass is 16.2. The van der Waals surface area contributed by atoms with E-state index in [1.807, 2.05) is 0 Å². The van der Waals surface area contributed by atoms with Gasteiger partial charge in [0.15, 0.2) is 0 Å². The van der Waals surface area contributed by atoms with Crippen molar-refractivity contribution in [2.45, 2.75) is 32.9 Å². The molecule has 0 spiro atoms. The van der Waals surface area contributed by atoms with Crippen LogP contribution in [0.15, 0.2) is 42.5 Å². The monoisotopic (exact) mass is 379 g/mol. The van der Waals surface area contributed by atoms with Crippen LogP contribution in [0.5, 0.6) is 0 Å². The lowest BCUT2D eigenvalue weighted by molar-refractivity contribution is 0.0507. The van der Waals surface area contributed by atoms with Gasteiger partial charge in [0.05, 0.1) is 11.1 Å². The zero-order valence-electron chi connectivity index (χ0n) is 15.9. The molecule has 0 fully saturated rings. The Bertz CT molecular complexity index is 988. The van der Waals surface area contributed by atoms with Crippen molar-refractivity contribution in [1.82, 2.24) is 10.2 Å². The normalized spacial score (nSPS) is 13.5. The Morgan fingerprint density at radius 1 is 0.929 bits per heavy atom. The number of nitrogens with one attached hydrogen (secondary N) is 1. The van der Waals surface area contributed by atoms with E-state index in [0.29, 0.717) is 16.7 Å². The second-order valence-corrected chi connectivity index (χ2v) is 7.62. The van der Waals surface area contributed by atoms with Gasteiger partial charge < -0.3 is 11.1 Å². The largest absolute Gasteiger partial charge is 0.366 e. The molecule has 1 heterocycles. The Balaban J connectivity index is 1.75. The summed E-state index contributed by atoms with van der Waals surface area (Å²) in [6, 6.07) is 11.1. The molecule has 1 aliphatic rings. The molecule has 0 saturated carbocycles. The summed E-state index contributed by atoms with van der Waals surface area (Å²) >= 11 is 0. The zero-order valence-corrected chi connectivity index (χ0v) is 15.9. The van der Waals surface area contributed by atoms with Gasteiger partial charge in [-0.2, -0.15) is 0 Å². The van der Waals surface area contributed by atoms with Gasteiger partial charge in [0.1, 0.15) is 0 Å². The number of nitrogens with zero attached hydrogens (tertiary/aromatic N) is 1. The lowest BCUT2D eigenvalue weighted by Crippen LogP contribution is -2.45. The van der Waals surface area contributed by atoms with Gasteiger partial charge in [-0.05, 0) is 56.7 Å². The topological polar surface area (TPSA) is 110 Å². The lowest BCUT2D eigenvalue weighted by atomic mass is 10.1. The van der Waals surface area contributed by atoms with E-state index in [2.05, 4.69) is 5.32 Å². The van der Waals surface area contributed by atoms with Gasteiger partial charge in [-0.3, -0.25) is 24.1 Å². The Morgan fingerprint density at radius 2 is 1.50 bits per heavy atom. The number of nitrogens with two attached hydrogens (primary N) is 1. The summed E-state index contributed by atoms with van der Waals surface area (Å²) in [6.45, 7) is 5.60. The van der Waals surface area contributed by atoms with E-state index in [9.17, 15) is 19.2 Å². The Kier molecular flexibility index (Phi) is 4.77. The van der Waals surface area contributed by atoms with E-state index >= 15 is 0 Å². The first kappa shape index (κ1) is 19.3. The third-order valence-electron chi connectivity index (χ3n) is 4.51. The molecule has 7 nitrogen and oxygen atoms in total.